The first-order chi connectivity index (χ1) is 14.8. The summed E-state index contributed by atoms with van der Waals surface area (Å²) in [6.45, 7) is 1.67. The summed E-state index contributed by atoms with van der Waals surface area (Å²) in [5.41, 5.74) is 1.49. The highest BCUT2D eigenvalue weighted by atomic mass is 79.9. The maximum atomic E-state index is 13.5. The summed E-state index contributed by atoms with van der Waals surface area (Å²) >= 11 is 3.32. The molecule has 31 heavy (non-hydrogen) atoms. The van der Waals surface area contributed by atoms with E-state index in [0.717, 1.165) is 10.0 Å². The van der Waals surface area contributed by atoms with Crippen LogP contribution in [0.25, 0.3) is 0 Å². The molecule has 164 valence electrons. The van der Waals surface area contributed by atoms with Crippen LogP contribution >= 0.6 is 15.9 Å². The van der Waals surface area contributed by atoms with Crippen molar-refractivity contribution in [3.63, 3.8) is 0 Å². The predicted molar refractivity (Wildman–Crippen MR) is 119 cm³/mol. The minimum atomic E-state index is -0.338. The highest BCUT2D eigenvalue weighted by molar-refractivity contribution is 9.10. The number of benzene rings is 2. The minimum Gasteiger partial charge on any atom is -0.337 e. The summed E-state index contributed by atoms with van der Waals surface area (Å²) < 4.78 is 14.3. The largest absolute Gasteiger partial charge is 0.337 e. The fourth-order valence-electron chi connectivity index (χ4n) is 3.48. The Balaban J connectivity index is 1.60. The Morgan fingerprint density at radius 2 is 1.77 bits per heavy atom. The van der Waals surface area contributed by atoms with Crippen molar-refractivity contribution in [2.45, 2.75) is 19.4 Å². The molecule has 1 heterocycles. The Hall–Kier alpha value is -2.58. The molecule has 3 amide bonds. The number of nitrogens with zero attached hydrogens (tertiary/aromatic N) is 3. The van der Waals surface area contributed by atoms with Crippen molar-refractivity contribution in [1.82, 2.24) is 14.7 Å². The van der Waals surface area contributed by atoms with Crippen molar-refractivity contribution in [3.05, 3.63) is 69.4 Å². The average molecular weight is 490 g/mol. The lowest BCUT2D eigenvalue weighted by Gasteiger charge is -2.25. The fraction of sp³-hybridized carbons (Fsp3) is 0.348. The van der Waals surface area contributed by atoms with Crippen LogP contribution in [0.2, 0.25) is 0 Å². The number of amides is 3. The van der Waals surface area contributed by atoms with Gasteiger partial charge in [-0.1, -0.05) is 28.1 Å². The molecule has 0 aliphatic carbocycles. The van der Waals surface area contributed by atoms with Gasteiger partial charge in [-0.05, 0) is 56.4 Å². The average Bonchev–Trinajstić information content (AvgIpc) is 2.95. The van der Waals surface area contributed by atoms with Gasteiger partial charge in [0.2, 0.25) is 5.91 Å². The van der Waals surface area contributed by atoms with Gasteiger partial charge >= 0.3 is 0 Å². The smallest absolute Gasteiger partial charge is 0.261 e. The molecule has 0 spiro atoms. The molecule has 0 N–H and O–H groups in total. The van der Waals surface area contributed by atoms with Gasteiger partial charge in [0.05, 0.1) is 11.1 Å². The molecule has 0 fully saturated rings. The highest BCUT2D eigenvalue weighted by Crippen LogP contribution is 2.26. The fourth-order valence-corrected chi connectivity index (χ4v) is 3.84. The van der Waals surface area contributed by atoms with Crippen LogP contribution in [-0.2, 0) is 11.3 Å². The molecule has 1 aliphatic rings. The second-order valence-corrected chi connectivity index (χ2v) is 8.72. The van der Waals surface area contributed by atoms with Gasteiger partial charge in [-0.3, -0.25) is 19.3 Å². The van der Waals surface area contributed by atoms with Crippen LogP contribution in [0.15, 0.2) is 46.9 Å². The van der Waals surface area contributed by atoms with Crippen molar-refractivity contribution in [1.29, 1.82) is 0 Å². The quantitative estimate of drug-likeness (QED) is 0.505. The van der Waals surface area contributed by atoms with E-state index in [-0.39, 0.29) is 36.5 Å². The Morgan fingerprint density at radius 3 is 2.48 bits per heavy atom. The first-order valence-corrected chi connectivity index (χ1v) is 10.9. The second kappa shape index (κ2) is 10.2. The number of carbonyl (C=O) groups excluding carboxylic acids is 3. The van der Waals surface area contributed by atoms with Crippen LogP contribution < -0.4 is 0 Å². The normalized spacial score (nSPS) is 13.1. The van der Waals surface area contributed by atoms with Gasteiger partial charge in [0.1, 0.15) is 5.82 Å². The number of rotatable bonds is 9. The van der Waals surface area contributed by atoms with E-state index in [1.807, 2.05) is 19.0 Å². The molecule has 0 radical (unpaired) electrons. The van der Waals surface area contributed by atoms with Gasteiger partial charge in [0.15, 0.2) is 0 Å². The van der Waals surface area contributed by atoms with Crippen molar-refractivity contribution in [2.24, 2.45) is 0 Å². The van der Waals surface area contributed by atoms with E-state index in [1.54, 1.807) is 35.2 Å². The summed E-state index contributed by atoms with van der Waals surface area (Å²) in [4.78, 5) is 42.8. The number of carbonyl (C=O) groups is 3. The van der Waals surface area contributed by atoms with Gasteiger partial charge in [0.25, 0.3) is 11.8 Å². The summed E-state index contributed by atoms with van der Waals surface area (Å²) in [6, 6.07) is 11.2. The van der Waals surface area contributed by atoms with Crippen LogP contribution in [0.3, 0.4) is 0 Å². The summed E-state index contributed by atoms with van der Waals surface area (Å²) in [5.74, 6) is -1.10. The molecule has 0 saturated heterocycles. The zero-order valence-corrected chi connectivity index (χ0v) is 19.2. The molecule has 0 bridgehead atoms. The number of fused-ring (bicyclic) bond motifs is 1. The van der Waals surface area contributed by atoms with E-state index in [0.29, 0.717) is 37.2 Å². The molecular weight excluding hydrogens is 465 g/mol. The van der Waals surface area contributed by atoms with Gasteiger partial charge in [-0.15, -0.1) is 0 Å². The first-order valence-electron chi connectivity index (χ1n) is 10.1. The van der Waals surface area contributed by atoms with Gasteiger partial charge in [0, 0.05) is 37.1 Å². The minimum absolute atomic E-state index is 0.0922. The van der Waals surface area contributed by atoms with Gasteiger partial charge < -0.3 is 9.80 Å². The number of imide groups is 1. The third kappa shape index (κ3) is 5.77. The van der Waals surface area contributed by atoms with E-state index in [4.69, 9.17) is 0 Å². The van der Waals surface area contributed by atoms with Crippen molar-refractivity contribution >= 4 is 33.7 Å². The summed E-state index contributed by atoms with van der Waals surface area (Å²) in [7, 11) is 3.84. The number of likely N-dealkylation sites (N-methyl/N-ethyl adjacent to an activating group) is 1. The van der Waals surface area contributed by atoms with E-state index in [9.17, 15) is 18.8 Å². The van der Waals surface area contributed by atoms with Gasteiger partial charge in [-0.25, -0.2) is 4.39 Å². The van der Waals surface area contributed by atoms with Crippen molar-refractivity contribution in [3.8, 4) is 0 Å². The van der Waals surface area contributed by atoms with E-state index < -0.39 is 0 Å². The Bertz CT molecular complexity index is 996. The lowest BCUT2D eigenvalue weighted by molar-refractivity contribution is -0.132. The molecule has 8 heteroatoms. The number of hydrogen-bond donors (Lipinski definition) is 0. The van der Waals surface area contributed by atoms with E-state index >= 15 is 0 Å². The van der Waals surface area contributed by atoms with Crippen molar-refractivity contribution in [2.75, 3.05) is 33.7 Å². The van der Waals surface area contributed by atoms with Crippen LogP contribution in [0.5, 0.6) is 0 Å². The topological polar surface area (TPSA) is 60.9 Å². The molecule has 2 aromatic carbocycles. The van der Waals surface area contributed by atoms with E-state index in [2.05, 4.69) is 15.9 Å². The molecule has 0 saturated carbocycles. The molecule has 0 aromatic heterocycles. The molecule has 1 aliphatic heterocycles. The van der Waals surface area contributed by atoms with Gasteiger partial charge in [-0.2, -0.15) is 0 Å². The zero-order chi connectivity index (χ0) is 22.5. The predicted octanol–water partition coefficient (Wildman–Crippen LogP) is 3.55. The third-order valence-electron chi connectivity index (χ3n) is 5.14. The standard InChI is InChI=1S/C23H25BrFN3O3/c1-26(2)11-12-27(15-16-5-3-6-18(25)13-16)21(29)7-4-10-28-22(30)19-9-8-17(24)14-20(19)23(28)31/h3,5-6,8-9,13-14H,4,7,10-12,15H2,1-2H3. The SMILES string of the molecule is CN(C)CCN(Cc1cccc(F)c1)C(=O)CCCN1C(=O)c2ccc(Br)cc2C1=O. The Morgan fingerprint density at radius 1 is 1.03 bits per heavy atom. The molecular formula is C23H25BrFN3O3. The highest BCUT2D eigenvalue weighted by Gasteiger charge is 2.35. The van der Waals surface area contributed by atoms with Crippen LogP contribution in [0, 0.1) is 5.82 Å². The Labute approximate surface area is 189 Å². The van der Waals surface area contributed by atoms with Crippen LogP contribution in [-0.4, -0.2) is 66.2 Å². The monoisotopic (exact) mass is 489 g/mol. The van der Waals surface area contributed by atoms with Crippen LogP contribution in [0.1, 0.15) is 39.1 Å². The summed E-state index contributed by atoms with van der Waals surface area (Å²) in [6.07, 6.45) is 0.562. The lowest BCUT2D eigenvalue weighted by atomic mass is 10.1. The molecule has 0 atom stereocenters. The maximum absolute atomic E-state index is 13.5. The van der Waals surface area contributed by atoms with E-state index in [1.165, 1.54) is 17.0 Å². The van der Waals surface area contributed by atoms with Crippen LogP contribution in [0.4, 0.5) is 4.39 Å². The van der Waals surface area contributed by atoms with Crippen molar-refractivity contribution < 1.29 is 18.8 Å². The third-order valence-corrected chi connectivity index (χ3v) is 5.63. The first kappa shape index (κ1) is 23.1. The lowest BCUT2D eigenvalue weighted by Crippen LogP contribution is -2.37. The zero-order valence-electron chi connectivity index (χ0n) is 17.6. The number of halogens is 2. The number of hydrogen-bond acceptors (Lipinski definition) is 4. The second-order valence-electron chi connectivity index (χ2n) is 7.80. The molecule has 2 aromatic rings. The molecule has 0 unspecified atom stereocenters. The Kier molecular flexibility index (Phi) is 7.56. The molecule has 6 nitrogen and oxygen atoms in total. The maximum Gasteiger partial charge on any atom is 0.261 e. The molecule has 3 rings (SSSR count). The summed E-state index contributed by atoms with van der Waals surface area (Å²) in [5, 5.41) is 0.